The van der Waals surface area contributed by atoms with Crippen molar-refractivity contribution < 1.29 is 9.90 Å². The number of allylic oxidation sites excluding steroid dienone is 2. The summed E-state index contributed by atoms with van der Waals surface area (Å²) < 4.78 is 0. The number of carbonyl (C=O) groups is 1. The number of rotatable bonds is 1. The van der Waals surface area contributed by atoms with Crippen molar-refractivity contribution in [2.45, 2.75) is 51.6 Å². The number of carbonyl (C=O) groups excluding carboxylic acids is 1. The van der Waals surface area contributed by atoms with Crippen LogP contribution in [0.15, 0.2) is 11.6 Å². The van der Waals surface area contributed by atoms with Crippen molar-refractivity contribution in [3.63, 3.8) is 0 Å². The number of hydrogen-bond donors (Lipinski definition) is 1. The third-order valence-electron chi connectivity index (χ3n) is 6.01. The predicted molar refractivity (Wildman–Crippen MR) is 81.3 cm³/mol. The molecule has 0 spiro atoms. The Balaban J connectivity index is 1.64. The SMILES string of the molecule is C[CH]C1CC[C]2[C]1CCC1[C]3C[CH][C@H](O)C[C@H]3C(=O)C=C21. The molecule has 2 nitrogen and oxygen atoms in total. The van der Waals surface area contributed by atoms with Gasteiger partial charge in [-0.15, -0.1) is 0 Å². The average Bonchev–Trinajstić information content (AvgIpc) is 2.91. The summed E-state index contributed by atoms with van der Waals surface area (Å²) >= 11 is 0. The van der Waals surface area contributed by atoms with Crippen LogP contribution in [0.5, 0.6) is 0 Å². The van der Waals surface area contributed by atoms with Gasteiger partial charge in [0.1, 0.15) is 0 Å². The minimum Gasteiger partial charge on any atom is -0.393 e. The molecule has 5 radical (unpaired) electrons. The lowest BCUT2D eigenvalue weighted by Gasteiger charge is -2.46. The van der Waals surface area contributed by atoms with Crippen LogP contribution in [0.1, 0.15) is 45.4 Å². The van der Waals surface area contributed by atoms with Crippen molar-refractivity contribution >= 4 is 5.78 Å². The van der Waals surface area contributed by atoms with Crippen LogP contribution in [-0.4, -0.2) is 17.0 Å². The second kappa shape index (κ2) is 5.22. The third kappa shape index (κ3) is 2.13. The molecule has 0 heterocycles. The van der Waals surface area contributed by atoms with Crippen LogP contribution in [0.4, 0.5) is 0 Å². The van der Waals surface area contributed by atoms with Gasteiger partial charge in [-0.2, -0.15) is 0 Å². The molecule has 21 heavy (non-hydrogen) atoms. The Hall–Kier alpha value is -0.630. The number of aliphatic hydroxyl groups is 1. The molecule has 0 saturated heterocycles. The Morgan fingerprint density at radius 1 is 1.24 bits per heavy atom. The highest BCUT2D eigenvalue weighted by atomic mass is 16.3. The molecule has 4 rings (SSSR count). The third-order valence-corrected chi connectivity index (χ3v) is 6.01. The first-order chi connectivity index (χ1) is 10.2. The summed E-state index contributed by atoms with van der Waals surface area (Å²) in [4.78, 5) is 12.5. The van der Waals surface area contributed by atoms with Gasteiger partial charge < -0.3 is 5.11 Å². The Morgan fingerprint density at radius 2 is 2.10 bits per heavy atom. The van der Waals surface area contributed by atoms with E-state index in [0.29, 0.717) is 18.3 Å². The van der Waals surface area contributed by atoms with E-state index in [4.69, 9.17) is 0 Å². The standard InChI is InChI=1S/C19H23O2/c1-2-11-3-5-14-13(11)7-8-15-16-6-4-12(20)9-18(16)19(21)10-17(14)15/h2,4,10-12,15,18,20H,3,5-9H2,1H3/t11?,12-,15?,18+/m0/s1. The summed E-state index contributed by atoms with van der Waals surface area (Å²) in [6, 6.07) is 0. The first kappa shape index (κ1) is 14.0. The number of hydrogen-bond acceptors (Lipinski definition) is 2. The van der Waals surface area contributed by atoms with Gasteiger partial charge in [-0.05, 0) is 81.1 Å². The molecule has 2 heteroatoms. The maximum Gasteiger partial charge on any atom is 0.159 e. The van der Waals surface area contributed by atoms with Gasteiger partial charge in [0.2, 0.25) is 0 Å². The van der Waals surface area contributed by atoms with E-state index in [0.717, 1.165) is 19.3 Å². The highest BCUT2D eigenvalue weighted by Gasteiger charge is 2.50. The lowest BCUT2D eigenvalue weighted by molar-refractivity contribution is -0.119. The van der Waals surface area contributed by atoms with E-state index >= 15 is 0 Å². The molecule has 0 aromatic heterocycles. The molecular weight excluding hydrogens is 260 g/mol. The molecule has 3 saturated carbocycles. The van der Waals surface area contributed by atoms with Crippen LogP contribution in [0, 0.1) is 48.3 Å². The molecule has 4 aliphatic carbocycles. The van der Waals surface area contributed by atoms with Gasteiger partial charge in [0.05, 0.1) is 6.10 Å². The fraction of sp³-hybridized carbons (Fsp3) is 0.579. The minimum atomic E-state index is -0.401. The fourth-order valence-electron chi connectivity index (χ4n) is 4.97. The first-order valence-corrected chi connectivity index (χ1v) is 8.33. The normalized spacial score (nSPS) is 41.4. The monoisotopic (exact) mass is 283 g/mol. The van der Waals surface area contributed by atoms with E-state index in [-0.39, 0.29) is 11.7 Å². The van der Waals surface area contributed by atoms with Gasteiger partial charge >= 0.3 is 0 Å². The lowest BCUT2D eigenvalue weighted by atomic mass is 9.57. The van der Waals surface area contributed by atoms with Crippen molar-refractivity contribution in [1.82, 2.24) is 0 Å². The molecule has 4 atom stereocenters. The summed E-state index contributed by atoms with van der Waals surface area (Å²) in [5.41, 5.74) is 1.33. The Labute approximate surface area is 128 Å². The molecule has 1 N–H and O–H groups in total. The van der Waals surface area contributed by atoms with Crippen molar-refractivity contribution in [3.05, 3.63) is 42.2 Å². The number of aliphatic hydroxyl groups excluding tert-OH is 1. The molecule has 0 aromatic rings. The summed E-state index contributed by atoms with van der Waals surface area (Å²) in [6.07, 6.45) is 12.0. The average molecular weight is 283 g/mol. The van der Waals surface area contributed by atoms with Crippen LogP contribution >= 0.6 is 0 Å². The molecule has 0 amide bonds. The molecule has 2 unspecified atom stereocenters. The Morgan fingerprint density at radius 3 is 2.90 bits per heavy atom. The van der Waals surface area contributed by atoms with Gasteiger partial charge in [0.15, 0.2) is 5.78 Å². The summed E-state index contributed by atoms with van der Waals surface area (Å²) in [6.45, 7) is 2.16. The largest absolute Gasteiger partial charge is 0.393 e. The zero-order valence-corrected chi connectivity index (χ0v) is 12.6. The highest BCUT2D eigenvalue weighted by Crippen LogP contribution is 2.59. The molecule has 4 aliphatic rings. The van der Waals surface area contributed by atoms with Gasteiger partial charge in [0.25, 0.3) is 0 Å². The topological polar surface area (TPSA) is 37.3 Å². The zero-order valence-electron chi connectivity index (χ0n) is 12.6. The van der Waals surface area contributed by atoms with Crippen LogP contribution in [0.2, 0.25) is 0 Å². The van der Waals surface area contributed by atoms with Gasteiger partial charge in [-0.1, -0.05) is 12.5 Å². The fourth-order valence-corrected chi connectivity index (χ4v) is 4.97. The van der Waals surface area contributed by atoms with Crippen molar-refractivity contribution in [1.29, 1.82) is 0 Å². The van der Waals surface area contributed by atoms with Crippen LogP contribution in [0.25, 0.3) is 0 Å². The maximum absolute atomic E-state index is 12.5. The molecule has 111 valence electrons. The van der Waals surface area contributed by atoms with Gasteiger partial charge in [0, 0.05) is 11.8 Å². The van der Waals surface area contributed by atoms with Crippen molar-refractivity contribution in [2.75, 3.05) is 0 Å². The number of fused-ring (bicyclic) bond motifs is 5. The van der Waals surface area contributed by atoms with Crippen LogP contribution in [0.3, 0.4) is 0 Å². The van der Waals surface area contributed by atoms with Gasteiger partial charge in [-0.25, -0.2) is 0 Å². The Kier molecular flexibility index (Phi) is 3.48. The van der Waals surface area contributed by atoms with E-state index in [9.17, 15) is 9.90 Å². The quantitative estimate of drug-likeness (QED) is 0.802. The molecule has 0 bridgehead atoms. The first-order valence-electron chi connectivity index (χ1n) is 8.33. The summed E-state index contributed by atoms with van der Waals surface area (Å²) in [5.74, 6) is 5.83. The zero-order chi connectivity index (χ0) is 14.6. The second-order valence-corrected chi connectivity index (χ2v) is 6.95. The van der Waals surface area contributed by atoms with E-state index < -0.39 is 6.10 Å². The second-order valence-electron chi connectivity index (χ2n) is 6.95. The Bertz CT molecular complexity index is 466. The van der Waals surface area contributed by atoms with Crippen LogP contribution < -0.4 is 0 Å². The summed E-state index contributed by atoms with van der Waals surface area (Å²) in [7, 11) is 0. The van der Waals surface area contributed by atoms with Crippen molar-refractivity contribution in [2.24, 2.45) is 17.8 Å². The van der Waals surface area contributed by atoms with E-state index in [2.05, 4.69) is 13.3 Å². The molecule has 0 aliphatic heterocycles. The minimum absolute atomic E-state index is 0.0177. The lowest BCUT2D eigenvalue weighted by Crippen LogP contribution is -2.42. The van der Waals surface area contributed by atoms with Crippen molar-refractivity contribution in [3.8, 4) is 0 Å². The predicted octanol–water partition coefficient (Wildman–Crippen LogP) is 3.24. The molecule has 3 fully saturated rings. The smallest absolute Gasteiger partial charge is 0.159 e. The van der Waals surface area contributed by atoms with Gasteiger partial charge in [-0.3, -0.25) is 4.79 Å². The molecular formula is C19H23O2. The van der Waals surface area contributed by atoms with Crippen LogP contribution in [-0.2, 0) is 4.79 Å². The summed E-state index contributed by atoms with van der Waals surface area (Å²) in [5, 5.41) is 9.82. The van der Waals surface area contributed by atoms with E-state index in [1.165, 1.54) is 30.3 Å². The highest BCUT2D eigenvalue weighted by molar-refractivity contribution is 5.96. The number of ketones is 1. The maximum atomic E-state index is 12.5. The van der Waals surface area contributed by atoms with E-state index in [1.54, 1.807) is 5.92 Å². The van der Waals surface area contributed by atoms with E-state index in [1.807, 2.05) is 12.5 Å². The molecule has 0 aromatic carbocycles.